The third kappa shape index (κ3) is 4.19. The van der Waals surface area contributed by atoms with Crippen molar-refractivity contribution < 1.29 is 9.90 Å². The lowest BCUT2D eigenvalue weighted by atomic mass is 9.79. The molecule has 1 heterocycles. The van der Waals surface area contributed by atoms with Gasteiger partial charge in [0.25, 0.3) is 0 Å². The molecular formula is C22H22ClN3O2S. The van der Waals surface area contributed by atoms with Gasteiger partial charge in [-0.3, -0.25) is 4.79 Å². The number of aliphatic carboxylic acids is 1. The third-order valence-corrected chi connectivity index (χ3v) is 6.49. The second-order valence-corrected chi connectivity index (χ2v) is 8.63. The first-order valence-electron chi connectivity index (χ1n) is 9.72. The summed E-state index contributed by atoms with van der Waals surface area (Å²) in [6.45, 7) is 0. The van der Waals surface area contributed by atoms with Gasteiger partial charge in [-0.1, -0.05) is 60.8 Å². The molecule has 1 saturated carbocycles. The Morgan fingerprint density at radius 3 is 2.45 bits per heavy atom. The van der Waals surface area contributed by atoms with Crippen LogP contribution in [0.2, 0.25) is 5.02 Å². The molecule has 1 fully saturated rings. The van der Waals surface area contributed by atoms with Crippen molar-refractivity contribution in [2.24, 2.45) is 9.98 Å². The fraction of sp³-hybridized carbons (Fsp3) is 0.318. The van der Waals surface area contributed by atoms with Crippen LogP contribution in [0.3, 0.4) is 0 Å². The summed E-state index contributed by atoms with van der Waals surface area (Å²) in [5, 5.41) is 10.6. The number of benzene rings is 2. The number of halogens is 1. The maximum absolute atomic E-state index is 11.2. The van der Waals surface area contributed by atoms with E-state index in [-0.39, 0.29) is 11.3 Å². The number of aliphatic imine (C=N–C) groups is 2. The van der Waals surface area contributed by atoms with Crippen molar-refractivity contribution in [2.75, 3.05) is 10.7 Å². The van der Waals surface area contributed by atoms with Gasteiger partial charge in [0.05, 0.1) is 11.4 Å². The maximum Gasteiger partial charge on any atom is 0.313 e. The minimum absolute atomic E-state index is 0.0352. The van der Waals surface area contributed by atoms with Crippen molar-refractivity contribution >= 4 is 51.7 Å². The van der Waals surface area contributed by atoms with Crippen molar-refractivity contribution in [1.29, 1.82) is 0 Å². The first kappa shape index (κ1) is 20.0. The van der Waals surface area contributed by atoms with Crippen molar-refractivity contribution in [1.82, 2.24) is 0 Å². The minimum Gasteiger partial charge on any atom is -0.481 e. The number of carboxylic acids is 1. The maximum atomic E-state index is 11.2. The van der Waals surface area contributed by atoms with Gasteiger partial charge >= 0.3 is 5.97 Å². The highest BCUT2D eigenvalue weighted by molar-refractivity contribution is 8.14. The first-order chi connectivity index (χ1) is 14.1. The smallest absolute Gasteiger partial charge is 0.313 e. The highest BCUT2D eigenvalue weighted by Crippen LogP contribution is 2.44. The van der Waals surface area contributed by atoms with E-state index in [2.05, 4.69) is 17.0 Å². The Kier molecular flexibility index (Phi) is 5.92. The number of nitrogens with zero attached hydrogens (tertiary/aromatic N) is 3. The van der Waals surface area contributed by atoms with Gasteiger partial charge in [-0.05, 0) is 49.2 Å². The molecule has 4 rings (SSSR count). The van der Waals surface area contributed by atoms with Crippen LogP contribution in [0.5, 0.6) is 0 Å². The summed E-state index contributed by atoms with van der Waals surface area (Å²) in [6, 6.07) is 17.5. The van der Waals surface area contributed by atoms with Gasteiger partial charge in [0.15, 0.2) is 11.0 Å². The van der Waals surface area contributed by atoms with Crippen LogP contribution >= 0.6 is 23.4 Å². The number of thioether (sulfide) groups is 1. The molecule has 2 aliphatic rings. The van der Waals surface area contributed by atoms with E-state index >= 15 is 0 Å². The lowest BCUT2D eigenvalue weighted by Gasteiger charge is -2.42. The molecule has 7 heteroatoms. The van der Waals surface area contributed by atoms with E-state index in [1.807, 2.05) is 42.5 Å². The van der Waals surface area contributed by atoms with Crippen LogP contribution in [-0.2, 0) is 4.79 Å². The molecule has 0 bridgehead atoms. The van der Waals surface area contributed by atoms with E-state index in [0.717, 1.165) is 42.9 Å². The van der Waals surface area contributed by atoms with Crippen molar-refractivity contribution in [3.8, 4) is 0 Å². The Balaban J connectivity index is 1.81. The summed E-state index contributed by atoms with van der Waals surface area (Å²) < 4.78 is 0. The topological polar surface area (TPSA) is 65.3 Å². The number of rotatable bonds is 4. The number of carbonyl (C=O) groups is 1. The molecule has 5 nitrogen and oxygen atoms in total. The molecule has 29 heavy (non-hydrogen) atoms. The standard InChI is InChI=1S/C22H22ClN3O2S/c23-16-9-11-17(12-10-16)24-20-22(13-5-2-6-14-22)26(18-7-3-1-4-8-18)21(25-20)29-15-19(27)28/h1,3-4,7-12H,2,5-6,13-15H2,(H,27,28). The second-order valence-electron chi connectivity index (χ2n) is 7.25. The molecule has 2 aromatic rings. The predicted octanol–water partition coefficient (Wildman–Crippen LogP) is 5.77. The fourth-order valence-corrected chi connectivity index (χ4v) is 4.98. The molecule has 1 spiro atoms. The summed E-state index contributed by atoms with van der Waals surface area (Å²) >= 11 is 7.28. The normalized spacial score (nSPS) is 19.6. The molecule has 0 radical (unpaired) electrons. The number of amidine groups is 2. The third-order valence-electron chi connectivity index (χ3n) is 5.32. The van der Waals surface area contributed by atoms with Gasteiger partial charge in [-0.2, -0.15) is 0 Å². The molecule has 0 aromatic heterocycles. The molecule has 1 N–H and O–H groups in total. The largest absolute Gasteiger partial charge is 0.481 e. The summed E-state index contributed by atoms with van der Waals surface area (Å²) in [5.41, 5.74) is 1.48. The Morgan fingerprint density at radius 2 is 1.79 bits per heavy atom. The van der Waals surface area contributed by atoms with Gasteiger partial charge in [0, 0.05) is 10.7 Å². The van der Waals surface area contributed by atoms with Gasteiger partial charge in [0.1, 0.15) is 5.54 Å². The summed E-state index contributed by atoms with van der Waals surface area (Å²) in [4.78, 5) is 23.2. The summed E-state index contributed by atoms with van der Waals surface area (Å²) in [7, 11) is 0. The molecule has 1 aliphatic heterocycles. The summed E-state index contributed by atoms with van der Waals surface area (Å²) in [5.74, 6) is -0.130. The van der Waals surface area contributed by atoms with Crippen LogP contribution < -0.4 is 4.90 Å². The van der Waals surface area contributed by atoms with Crippen molar-refractivity contribution in [3.05, 3.63) is 59.6 Å². The molecule has 0 saturated heterocycles. The van der Waals surface area contributed by atoms with Crippen LogP contribution in [-0.4, -0.2) is 33.4 Å². The van der Waals surface area contributed by atoms with E-state index in [1.165, 1.54) is 18.2 Å². The Bertz CT molecular complexity index is 938. The van der Waals surface area contributed by atoms with Crippen molar-refractivity contribution in [3.63, 3.8) is 0 Å². The van der Waals surface area contributed by atoms with Crippen LogP contribution in [0.15, 0.2) is 64.6 Å². The van der Waals surface area contributed by atoms with Crippen LogP contribution in [0.1, 0.15) is 32.1 Å². The molecule has 0 unspecified atom stereocenters. The fourth-order valence-electron chi connectivity index (χ4n) is 4.04. The van der Waals surface area contributed by atoms with E-state index in [0.29, 0.717) is 10.2 Å². The zero-order valence-electron chi connectivity index (χ0n) is 15.9. The number of carboxylic acid groups (broad SMARTS) is 1. The Labute approximate surface area is 179 Å². The molecular weight excluding hydrogens is 406 g/mol. The molecule has 0 atom stereocenters. The van der Waals surface area contributed by atoms with Crippen LogP contribution in [0, 0.1) is 0 Å². The number of hydrogen-bond acceptors (Lipinski definition) is 4. The van der Waals surface area contributed by atoms with Gasteiger partial charge in [0.2, 0.25) is 0 Å². The lowest BCUT2D eigenvalue weighted by Crippen LogP contribution is -2.52. The summed E-state index contributed by atoms with van der Waals surface area (Å²) in [6.07, 6.45) is 5.25. The highest BCUT2D eigenvalue weighted by Gasteiger charge is 2.49. The van der Waals surface area contributed by atoms with Crippen LogP contribution in [0.25, 0.3) is 0 Å². The number of hydrogen-bond donors (Lipinski definition) is 1. The van der Waals surface area contributed by atoms with E-state index in [1.54, 1.807) is 0 Å². The highest BCUT2D eigenvalue weighted by atomic mass is 35.5. The Morgan fingerprint density at radius 1 is 1.10 bits per heavy atom. The van der Waals surface area contributed by atoms with Gasteiger partial charge in [-0.15, -0.1) is 0 Å². The lowest BCUT2D eigenvalue weighted by molar-refractivity contribution is -0.133. The molecule has 150 valence electrons. The average Bonchev–Trinajstić information content (AvgIpc) is 3.01. The SMILES string of the molecule is O=C(O)CSC1=NC(=Nc2ccc(Cl)cc2)C2(CCCCC2)N1c1ccccc1. The van der Waals surface area contributed by atoms with Crippen molar-refractivity contribution in [2.45, 2.75) is 37.6 Å². The first-order valence-corrected chi connectivity index (χ1v) is 11.1. The van der Waals surface area contributed by atoms with Gasteiger partial charge in [-0.25, -0.2) is 9.98 Å². The zero-order chi connectivity index (χ0) is 20.3. The number of para-hydroxylation sites is 1. The zero-order valence-corrected chi connectivity index (χ0v) is 17.5. The molecule has 2 aromatic carbocycles. The second kappa shape index (κ2) is 8.59. The van der Waals surface area contributed by atoms with E-state index in [4.69, 9.17) is 21.6 Å². The van der Waals surface area contributed by atoms with Crippen LogP contribution in [0.4, 0.5) is 11.4 Å². The molecule has 1 aliphatic carbocycles. The average molecular weight is 428 g/mol. The van der Waals surface area contributed by atoms with E-state index in [9.17, 15) is 9.90 Å². The Hall–Kier alpha value is -2.31. The minimum atomic E-state index is -0.855. The van der Waals surface area contributed by atoms with E-state index < -0.39 is 5.97 Å². The molecule has 0 amide bonds. The quantitative estimate of drug-likeness (QED) is 0.672. The number of anilines is 1. The van der Waals surface area contributed by atoms with Gasteiger partial charge < -0.3 is 10.0 Å². The monoisotopic (exact) mass is 427 g/mol. The predicted molar refractivity (Wildman–Crippen MR) is 121 cm³/mol.